The predicted octanol–water partition coefficient (Wildman–Crippen LogP) is 1.88. The van der Waals surface area contributed by atoms with Crippen LogP contribution in [0.3, 0.4) is 0 Å². The molecule has 0 spiro atoms. The first kappa shape index (κ1) is 15.3. The van der Waals surface area contributed by atoms with Crippen LogP contribution in [0, 0.1) is 0 Å². The fourth-order valence-electron chi connectivity index (χ4n) is 2.41. The smallest absolute Gasteiger partial charge is 0.227 e. The molecule has 0 aliphatic carbocycles. The lowest BCUT2D eigenvalue weighted by Gasteiger charge is -2.32. The van der Waals surface area contributed by atoms with E-state index in [-0.39, 0.29) is 18.6 Å². The number of nitrogens with zero attached hydrogens (tertiary/aromatic N) is 1. The molecule has 0 unspecified atom stereocenters. The van der Waals surface area contributed by atoms with Gasteiger partial charge in [-0.05, 0) is 24.5 Å². The molecule has 1 aromatic carbocycles. The minimum atomic E-state index is 0.0473. The maximum Gasteiger partial charge on any atom is 0.227 e. The van der Waals surface area contributed by atoms with Crippen molar-refractivity contribution in [2.24, 2.45) is 0 Å². The van der Waals surface area contributed by atoms with E-state index in [1.165, 1.54) is 0 Å². The molecule has 0 radical (unpaired) electrons. The monoisotopic (exact) mass is 297 g/mol. The van der Waals surface area contributed by atoms with E-state index in [4.69, 9.17) is 21.4 Å². The van der Waals surface area contributed by atoms with Crippen LogP contribution in [0.5, 0.6) is 0 Å². The van der Waals surface area contributed by atoms with Crippen LogP contribution in [-0.4, -0.2) is 48.3 Å². The fraction of sp³-hybridized carbons (Fsp3) is 0.533. The summed E-state index contributed by atoms with van der Waals surface area (Å²) in [6, 6.07) is 7.44. The Labute approximate surface area is 124 Å². The quantitative estimate of drug-likeness (QED) is 0.903. The third kappa shape index (κ3) is 4.20. The minimum absolute atomic E-state index is 0.0473. The van der Waals surface area contributed by atoms with Crippen molar-refractivity contribution in [2.75, 3.05) is 26.3 Å². The highest BCUT2D eigenvalue weighted by atomic mass is 35.5. The van der Waals surface area contributed by atoms with Crippen molar-refractivity contribution < 1.29 is 14.6 Å². The number of carbonyl (C=O) groups is 1. The van der Waals surface area contributed by atoms with Gasteiger partial charge in [-0.2, -0.15) is 0 Å². The van der Waals surface area contributed by atoms with Crippen LogP contribution in [0.15, 0.2) is 24.3 Å². The largest absolute Gasteiger partial charge is 0.394 e. The Morgan fingerprint density at radius 1 is 1.35 bits per heavy atom. The summed E-state index contributed by atoms with van der Waals surface area (Å²) in [6.45, 7) is 1.84. The molecule has 0 atom stereocenters. The maximum absolute atomic E-state index is 12.2. The third-order valence-corrected chi connectivity index (χ3v) is 3.91. The molecule has 2 rings (SSSR count). The van der Waals surface area contributed by atoms with Crippen molar-refractivity contribution in [1.82, 2.24) is 4.90 Å². The first-order valence-corrected chi connectivity index (χ1v) is 7.32. The number of hydrogen-bond donors (Lipinski definition) is 1. The molecule has 1 heterocycles. The van der Waals surface area contributed by atoms with E-state index in [2.05, 4.69) is 0 Å². The van der Waals surface area contributed by atoms with Crippen LogP contribution in [0.1, 0.15) is 18.4 Å². The van der Waals surface area contributed by atoms with E-state index in [0.717, 1.165) is 18.4 Å². The van der Waals surface area contributed by atoms with Gasteiger partial charge in [0.2, 0.25) is 5.91 Å². The number of hydrogen-bond acceptors (Lipinski definition) is 3. The summed E-state index contributed by atoms with van der Waals surface area (Å²) in [7, 11) is 0. The van der Waals surface area contributed by atoms with Gasteiger partial charge >= 0.3 is 0 Å². The lowest BCUT2D eigenvalue weighted by Crippen LogP contribution is -2.41. The molecule has 1 saturated heterocycles. The van der Waals surface area contributed by atoms with Crippen molar-refractivity contribution in [2.45, 2.75) is 25.4 Å². The lowest BCUT2D eigenvalue weighted by molar-refractivity contribution is -0.133. The van der Waals surface area contributed by atoms with E-state index in [1.807, 2.05) is 23.1 Å². The summed E-state index contributed by atoms with van der Waals surface area (Å²) in [5.41, 5.74) is 0.873. The summed E-state index contributed by atoms with van der Waals surface area (Å²) in [5, 5.41) is 9.37. The number of amides is 1. The average molecular weight is 298 g/mol. The van der Waals surface area contributed by atoms with Crippen LogP contribution in [-0.2, 0) is 16.0 Å². The Hall–Kier alpha value is -1.10. The number of aliphatic hydroxyl groups is 1. The second-order valence-corrected chi connectivity index (χ2v) is 5.35. The number of aliphatic hydroxyl groups excluding tert-OH is 1. The van der Waals surface area contributed by atoms with E-state index in [1.54, 1.807) is 6.07 Å². The van der Waals surface area contributed by atoms with Crippen molar-refractivity contribution >= 4 is 17.5 Å². The Bertz CT molecular complexity index is 444. The van der Waals surface area contributed by atoms with Crippen molar-refractivity contribution in [3.05, 3.63) is 34.9 Å². The summed E-state index contributed by atoms with van der Waals surface area (Å²) >= 11 is 6.07. The number of halogens is 1. The Kier molecular flexibility index (Phi) is 5.83. The van der Waals surface area contributed by atoms with Crippen LogP contribution in [0.4, 0.5) is 0 Å². The third-order valence-electron chi connectivity index (χ3n) is 3.54. The van der Waals surface area contributed by atoms with Gasteiger partial charge in [-0.1, -0.05) is 29.8 Å². The molecule has 0 bridgehead atoms. The van der Waals surface area contributed by atoms with E-state index >= 15 is 0 Å². The van der Waals surface area contributed by atoms with E-state index in [0.29, 0.717) is 31.1 Å². The van der Waals surface area contributed by atoms with Crippen molar-refractivity contribution in [3.63, 3.8) is 0 Å². The zero-order chi connectivity index (χ0) is 14.4. The number of rotatable bonds is 5. The van der Waals surface area contributed by atoms with Gasteiger partial charge in [0.15, 0.2) is 0 Å². The predicted molar refractivity (Wildman–Crippen MR) is 77.8 cm³/mol. The SMILES string of the molecule is O=C(Cc1ccccc1Cl)N1CCC(OCCO)CC1. The van der Waals surface area contributed by atoms with Crippen LogP contribution >= 0.6 is 11.6 Å². The first-order chi connectivity index (χ1) is 9.70. The van der Waals surface area contributed by atoms with E-state index < -0.39 is 0 Å². The summed E-state index contributed by atoms with van der Waals surface area (Å²) < 4.78 is 5.49. The van der Waals surface area contributed by atoms with Gasteiger partial charge in [0.1, 0.15) is 0 Å². The van der Waals surface area contributed by atoms with Gasteiger partial charge in [-0.3, -0.25) is 4.79 Å². The molecular weight excluding hydrogens is 278 g/mol. The van der Waals surface area contributed by atoms with Gasteiger partial charge in [0.05, 0.1) is 25.7 Å². The molecule has 110 valence electrons. The zero-order valence-electron chi connectivity index (χ0n) is 11.4. The summed E-state index contributed by atoms with van der Waals surface area (Å²) in [6.07, 6.45) is 2.16. The van der Waals surface area contributed by atoms with Crippen LogP contribution in [0.25, 0.3) is 0 Å². The van der Waals surface area contributed by atoms with Crippen LogP contribution in [0.2, 0.25) is 5.02 Å². The van der Waals surface area contributed by atoms with Gasteiger partial charge < -0.3 is 14.7 Å². The minimum Gasteiger partial charge on any atom is -0.394 e. The Balaban J connectivity index is 1.82. The molecule has 1 aromatic rings. The molecule has 1 fully saturated rings. The molecule has 1 amide bonds. The highest BCUT2D eigenvalue weighted by molar-refractivity contribution is 6.31. The van der Waals surface area contributed by atoms with Gasteiger partial charge in [0, 0.05) is 18.1 Å². The normalized spacial score (nSPS) is 16.4. The standard InChI is InChI=1S/C15H20ClNO3/c16-14-4-2-1-3-12(14)11-15(19)17-7-5-13(6-8-17)20-10-9-18/h1-4,13,18H,5-11H2. The average Bonchev–Trinajstić information content (AvgIpc) is 2.48. The van der Waals surface area contributed by atoms with Gasteiger partial charge in [0.25, 0.3) is 0 Å². The zero-order valence-corrected chi connectivity index (χ0v) is 12.2. The number of likely N-dealkylation sites (tertiary alicyclic amines) is 1. The van der Waals surface area contributed by atoms with Crippen molar-refractivity contribution in [3.8, 4) is 0 Å². The molecule has 1 N–H and O–H groups in total. The second-order valence-electron chi connectivity index (χ2n) is 4.94. The number of benzene rings is 1. The number of carbonyl (C=O) groups excluding carboxylic acids is 1. The van der Waals surface area contributed by atoms with Crippen molar-refractivity contribution in [1.29, 1.82) is 0 Å². The molecule has 1 aliphatic heterocycles. The molecule has 4 nitrogen and oxygen atoms in total. The van der Waals surface area contributed by atoms with Gasteiger partial charge in [-0.15, -0.1) is 0 Å². The summed E-state index contributed by atoms with van der Waals surface area (Å²) in [5.74, 6) is 0.110. The molecular formula is C15H20ClNO3. The summed E-state index contributed by atoms with van der Waals surface area (Å²) in [4.78, 5) is 14.1. The Morgan fingerprint density at radius 2 is 2.05 bits per heavy atom. The highest BCUT2D eigenvalue weighted by Crippen LogP contribution is 2.18. The number of piperidine rings is 1. The second kappa shape index (κ2) is 7.62. The van der Waals surface area contributed by atoms with Crippen LogP contribution < -0.4 is 0 Å². The Morgan fingerprint density at radius 3 is 2.70 bits per heavy atom. The maximum atomic E-state index is 12.2. The van der Waals surface area contributed by atoms with E-state index in [9.17, 15) is 4.79 Å². The molecule has 0 saturated carbocycles. The number of ether oxygens (including phenoxy) is 1. The highest BCUT2D eigenvalue weighted by Gasteiger charge is 2.23. The molecule has 20 heavy (non-hydrogen) atoms. The molecule has 1 aliphatic rings. The topological polar surface area (TPSA) is 49.8 Å². The fourth-order valence-corrected chi connectivity index (χ4v) is 2.61. The van der Waals surface area contributed by atoms with Gasteiger partial charge in [-0.25, -0.2) is 0 Å². The molecule has 5 heteroatoms. The first-order valence-electron chi connectivity index (χ1n) is 6.94. The molecule has 0 aromatic heterocycles. The lowest BCUT2D eigenvalue weighted by atomic mass is 10.1.